The van der Waals surface area contributed by atoms with Gasteiger partial charge in [0.25, 0.3) is 0 Å². The van der Waals surface area contributed by atoms with Gasteiger partial charge in [-0.1, -0.05) is 18.2 Å². The summed E-state index contributed by atoms with van der Waals surface area (Å²) in [5, 5.41) is 10.5. The number of aromatic carboxylic acids is 1. The molecule has 21 heavy (non-hydrogen) atoms. The van der Waals surface area contributed by atoms with Gasteiger partial charge in [0.05, 0.1) is 11.3 Å². The molecule has 3 rings (SSSR count). The van der Waals surface area contributed by atoms with Gasteiger partial charge in [-0.05, 0) is 45.6 Å². The van der Waals surface area contributed by atoms with E-state index in [9.17, 15) is 9.18 Å². The van der Waals surface area contributed by atoms with Crippen LogP contribution in [0.5, 0.6) is 0 Å². The number of benzene rings is 2. The van der Waals surface area contributed by atoms with Gasteiger partial charge in [0.15, 0.2) is 0 Å². The van der Waals surface area contributed by atoms with Crippen LogP contribution in [0, 0.1) is 5.82 Å². The average Bonchev–Trinajstić information content (AvgIpc) is 2.48. The minimum atomic E-state index is -1.03. The maximum atomic E-state index is 14.0. The van der Waals surface area contributed by atoms with E-state index < -0.39 is 11.8 Å². The Kier molecular flexibility index (Phi) is 3.43. The van der Waals surface area contributed by atoms with Gasteiger partial charge < -0.3 is 5.11 Å². The van der Waals surface area contributed by atoms with Crippen molar-refractivity contribution in [2.75, 3.05) is 0 Å². The number of carbonyl (C=O) groups is 1. The van der Waals surface area contributed by atoms with Gasteiger partial charge in [-0.25, -0.2) is 9.18 Å². The lowest BCUT2D eigenvalue weighted by atomic mass is 10.0. The lowest BCUT2D eigenvalue weighted by Crippen LogP contribution is -1.97. The predicted molar refractivity (Wildman–Crippen MR) is 81.8 cm³/mol. The van der Waals surface area contributed by atoms with Crippen molar-refractivity contribution >= 4 is 32.7 Å². The van der Waals surface area contributed by atoms with Crippen molar-refractivity contribution in [2.24, 2.45) is 0 Å². The summed E-state index contributed by atoms with van der Waals surface area (Å²) in [5.41, 5.74) is 0.909. The van der Waals surface area contributed by atoms with Crippen LogP contribution >= 0.6 is 15.9 Å². The zero-order valence-electron chi connectivity index (χ0n) is 10.7. The quantitative estimate of drug-likeness (QED) is 0.743. The van der Waals surface area contributed by atoms with Crippen molar-refractivity contribution in [3.8, 4) is 11.3 Å². The topological polar surface area (TPSA) is 50.2 Å². The Labute approximate surface area is 128 Å². The lowest BCUT2D eigenvalue weighted by molar-refractivity contribution is 0.0697. The molecule has 1 N–H and O–H groups in total. The number of nitrogens with zero attached hydrogens (tertiary/aromatic N) is 1. The Morgan fingerprint density at radius 1 is 1.14 bits per heavy atom. The van der Waals surface area contributed by atoms with Crippen molar-refractivity contribution in [1.29, 1.82) is 0 Å². The summed E-state index contributed by atoms with van der Waals surface area (Å²) in [5.74, 6) is -1.43. The minimum absolute atomic E-state index is 0.139. The molecule has 0 amide bonds. The van der Waals surface area contributed by atoms with Crippen molar-refractivity contribution in [1.82, 2.24) is 4.98 Å². The van der Waals surface area contributed by atoms with Gasteiger partial charge in [-0.3, -0.25) is 4.98 Å². The fourth-order valence-electron chi connectivity index (χ4n) is 2.21. The Balaban J connectivity index is 2.38. The SMILES string of the molecule is O=C(O)c1ccc2c(Br)cnc(-c3ccccc3F)c2c1. The number of rotatable bonds is 2. The second-order valence-corrected chi connectivity index (χ2v) is 5.35. The highest BCUT2D eigenvalue weighted by molar-refractivity contribution is 9.10. The summed E-state index contributed by atoms with van der Waals surface area (Å²) in [6, 6.07) is 11.0. The predicted octanol–water partition coefficient (Wildman–Crippen LogP) is 4.50. The van der Waals surface area contributed by atoms with E-state index in [1.165, 1.54) is 18.2 Å². The Bertz CT molecular complexity index is 864. The number of carboxylic acids is 1. The first-order valence-corrected chi connectivity index (χ1v) is 6.93. The normalized spacial score (nSPS) is 10.8. The van der Waals surface area contributed by atoms with Crippen molar-refractivity contribution < 1.29 is 14.3 Å². The molecule has 0 radical (unpaired) electrons. The number of aromatic nitrogens is 1. The first-order chi connectivity index (χ1) is 10.1. The maximum absolute atomic E-state index is 14.0. The van der Waals surface area contributed by atoms with Gasteiger partial charge in [-0.2, -0.15) is 0 Å². The van der Waals surface area contributed by atoms with E-state index in [1.807, 2.05) is 0 Å². The van der Waals surface area contributed by atoms with E-state index >= 15 is 0 Å². The fourth-order valence-corrected chi connectivity index (χ4v) is 2.66. The third kappa shape index (κ3) is 2.40. The Hall–Kier alpha value is -2.27. The van der Waals surface area contributed by atoms with Crippen LogP contribution in [0.15, 0.2) is 53.1 Å². The van der Waals surface area contributed by atoms with Crippen molar-refractivity contribution in [3.05, 3.63) is 64.5 Å². The minimum Gasteiger partial charge on any atom is -0.478 e. The molecule has 0 spiro atoms. The first-order valence-electron chi connectivity index (χ1n) is 6.14. The van der Waals surface area contributed by atoms with Crippen LogP contribution in [0.25, 0.3) is 22.0 Å². The first kappa shape index (κ1) is 13.7. The summed E-state index contributed by atoms with van der Waals surface area (Å²) in [6.07, 6.45) is 1.59. The molecule has 0 fully saturated rings. The van der Waals surface area contributed by atoms with Crippen LogP contribution in [0.2, 0.25) is 0 Å². The van der Waals surface area contributed by atoms with Gasteiger partial charge in [0.1, 0.15) is 5.82 Å². The lowest BCUT2D eigenvalue weighted by Gasteiger charge is -2.09. The second kappa shape index (κ2) is 5.26. The van der Waals surface area contributed by atoms with Gasteiger partial charge >= 0.3 is 5.97 Å². The van der Waals surface area contributed by atoms with Crippen molar-refractivity contribution in [2.45, 2.75) is 0 Å². The summed E-state index contributed by atoms with van der Waals surface area (Å²) < 4.78 is 14.7. The third-order valence-electron chi connectivity index (χ3n) is 3.21. The molecule has 0 saturated heterocycles. The van der Waals surface area contributed by atoms with E-state index in [0.717, 1.165) is 9.86 Å². The molecule has 0 unspecified atom stereocenters. The van der Waals surface area contributed by atoms with E-state index in [1.54, 1.807) is 30.5 Å². The van der Waals surface area contributed by atoms with Gasteiger partial charge in [0, 0.05) is 21.6 Å². The van der Waals surface area contributed by atoms with Crippen LogP contribution in [-0.4, -0.2) is 16.1 Å². The molecule has 0 aliphatic rings. The zero-order valence-corrected chi connectivity index (χ0v) is 12.3. The maximum Gasteiger partial charge on any atom is 0.335 e. The standard InChI is InChI=1S/C16H9BrFNO2/c17-13-8-19-15(11-3-1-2-4-14(11)18)12-7-9(16(20)21)5-6-10(12)13/h1-8H,(H,20,21). The second-order valence-electron chi connectivity index (χ2n) is 4.50. The van der Waals surface area contributed by atoms with E-state index in [2.05, 4.69) is 20.9 Å². The highest BCUT2D eigenvalue weighted by Gasteiger charge is 2.13. The molecule has 3 nitrogen and oxygen atoms in total. The molecule has 2 aromatic carbocycles. The monoisotopic (exact) mass is 345 g/mol. The number of hydrogen-bond acceptors (Lipinski definition) is 2. The molecule has 0 aliphatic heterocycles. The molecule has 5 heteroatoms. The molecular formula is C16H9BrFNO2. The number of hydrogen-bond donors (Lipinski definition) is 1. The van der Waals surface area contributed by atoms with Gasteiger partial charge in [-0.15, -0.1) is 0 Å². The van der Waals surface area contributed by atoms with Crippen LogP contribution in [0.3, 0.4) is 0 Å². The molecule has 0 saturated carbocycles. The Morgan fingerprint density at radius 3 is 2.62 bits per heavy atom. The highest BCUT2D eigenvalue weighted by atomic mass is 79.9. The molecule has 3 aromatic rings. The fraction of sp³-hybridized carbons (Fsp3) is 0. The summed E-state index contributed by atoms with van der Waals surface area (Å²) >= 11 is 3.38. The molecule has 0 aliphatic carbocycles. The highest BCUT2D eigenvalue weighted by Crippen LogP contribution is 2.33. The zero-order chi connectivity index (χ0) is 15.0. The van der Waals surface area contributed by atoms with Crippen LogP contribution < -0.4 is 0 Å². The van der Waals surface area contributed by atoms with Crippen LogP contribution in [-0.2, 0) is 0 Å². The summed E-state index contributed by atoms with van der Waals surface area (Å²) in [6.45, 7) is 0. The number of carboxylic acid groups (broad SMARTS) is 1. The number of fused-ring (bicyclic) bond motifs is 1. The molecular weight excluding hydrogens is 337 g/mol. The van der Waals surface area contributed by atoms with Gasteiger partial charge in [0.2, 0.25) is 0 Å². The summed E-state index contributed by atoms with van der Waals surface area (Å²) in [7, 11) is 0. The smallest absolute Gasteiger partial charge is 0.335 e. The average molecular weight is 346 g/mol. The van der Waals surface area contributed by atoms with E-state index in [0.29, 0.717) is 16.6 Å². The molecule has 0 bridgehead atoms. The molecule has 1 aromatic heterocycles. The molecule has 1 heterocycles. The van der Waals surface area contributed by atoms with Crippen LogP contribution in [0.1, 0.15) is 10.4 Å². The molecule has 104 valence electrons. The van der Waals surface area contributed by atoms with Crippen molar-refractivity contribution in [3.63, 3.8) is 0 Å². The largest absolute Gasteiger partial charge is 0.478 e. The van der Waals surface area contributed by atoms with E-state index in [4.69, 9.17) is 5.11 Å². The summed E-state index contributed by atoms with van der Waals surface area (Å²) in [4.78, 5) is 15.4. The Morgan fingerprint density at radius 2 is 1.90 bits per heavy atom. The van der Waals surface area contributed by atoms with E-state index in [-0.39, 0.29) is 5.56 Å². The molecule has 0 atom stereocenters. The number of pyridine rings is 1. The number of halogens is 2. The third-order valence-corrected chi connectivity index (χ3v) is 3.85. The van der Waals surface area contributed by atoms with Crippen LogP contribution in [0.4, 0.5) is 4.39 Å².